The molecule has 2 rings (SSSR count). The van der Waals surface area contributed by atoms with Crippen LogP contribution in [0.1, 0.15) is 15.9 Å². The summed E-state index contributed by atoms with van der Waals surface area (Å²) in [6.45, 7) is 3.40. The van der Waals surface area contributed by atoms with Crippen LogP contribution in [0.25, 0.3) is 0 Å². The van der Waals surface area contributed by atoms with E-state index in [-0.39, 0.29) is 19.1 Å². The molecule has 0 aromatic carbocycles. The summed E-state index contributed by atoms with van der Waals surface area (Å²) >= 11 is 0. The van der Waals surface area contributed by atoms with Gasteiger partial charge in [0.25, 0.3) is 5.91 Å². The number of β-amino-alcohol motifs (C(OH)–C–C–N with tert-alkyl or cyclic N) is 1. The Hall–Kier alpha value is -1.94. The molecule has 6 nitrogen and oxygen atoms in total. The van der Waals surface area contributed by atoms with Gasteiger partial charge in [-0.3, -0.25) is 14.7 Å². The minimum Gasteiger partial charge on any atom is -0.395 e. The largest absolute Gasteiger partial charge is 0.395 e. The van der Waals surface area contributed by atoms with Crippen LogP contribution in [0, 0.1) is 11.8 Å². The minimum atomic E-state index is -0.217. The molecule has 1 aliphatic heterocycles. The predicted molar refractivity (Wildman–Crippen MR) is 77.6 cm³/mol. The van der Waals surface area contributed by atoms with Gasteiger partial charge in [0.2, 0.25) is 0 Å². The Morgan fingerprint density at radius 1 is 1.24 bits per heavy atom. The molecule has 1 aliphatic rings. The Kier molecular flexibility index (Phi) is 5.69. The molecule has 1 aromatic heterocycles. The van der Waals surface area contributed by atoms with Crippen molar-refractivity contribution < 1.29 is 15.0 Å². The number of hydrogen-bond donors (Lipinski definition) is 2. The number of carbonyl (C=O) groups excluding carboxylic acids is 1. The Morgan fingerprint density at radius 3 is 2.67 bits per heavy atom. The molecule has 6 heteroatoms. The summed E-state index contributed by atoms with van der Waals surface area (Å²) in [6, 6.07) is 1.69. The molecule has 112 valence electrons. The summed E-state index contributed by atoms with van der Waals surface area (Å²) in [5.74, 6) is 5.23. The third kappa shape index (κ3) is 4.26. The monoisotopic (exact) mass is 289 g/mol. The van der Waals surface area contributed by atoms with E-state index in [4.69, 9.17) is 10.2 Å². The topological polar surface area (TPSA) is 76.9 Å². The van der Waals surface area contributed by atoms with Gasteiger partial charge in [-0.15, -0.1) is 0 Å². The van der Waals surface area contributed by atoms with Crippen molar-refractivity contribution in [2.45, 2.75) is 0 Å². The van der Waals surface area contributed by atoms with E-state index in [0.29, 0.717) is 30.8 Å². The smallest absolute Gasteiger partial charge is 0.255 e. The first-order chi connectivity index (χ1) is 10.2. The highest BCUT2D eigenvalue weighted by Gasteiger charge is 2.22. The van der Waals surface area contributed by atoms with Crippen molar-refractivity contribution in [3.05, 3.63) is 29.6 Å². The van der Waals surface area contributed by atoms with Gasteiger partial charge in [-0.25, -0.2) is 0 Å². The van der Waals surface area contributed by atoms with Gasteiger partial charge in [-0.05, 0) is 6.07 Å². The number of hydrogen-bond acceptors (Lipinski definition) is 5. The first kappa shape index (κ1) is 15.4. The second kappa shape index (κ2) is 7.74. The quantitative estimate of drug-likeness (QED) is 0.711. The van der Waals surface area contributed by atoms with E-state index in [1.54, 1.807) is 17.2 Å². The maximum Gasteiger partial charge on any atom is 0.255 e. The molecule has 0 atom stereocenters. The third-order valence-electron chi connectivity index (χ3n) is 3.37. The van der Waals surface area contributed by atoms with Gasteiger partial charge in [0, 0.05) is 50.7 Å². The SMILES string of the molecule is O=C(c1cncc(C#CCO)c1)N1CCN(CCO)CC1. The van der Waals surface area contributed by atoms with Crippen molar-refractivity contribution in [3.8, 4) is 11.8 Å². The predicted octanol–water partition coefficient (Wildman–Crippen LogP) is -0.825. The lowest BCUT2D eigenvalue weighted by Gasteiger charge is -2.34. The van der Waals surface area contributed by atoms with Crippen molar-refractivity contribution in [2.24, 2.45) is 0 Å². The zero-order chi connectivity index (χ0) is 15.1. The second-order valence-electron chi connectivity index (χ2n) is 4.78. The summed E-state index contributed by atoms with van der Waals surface area (Å²) in [5.41, 5.74) is 1.13. The molecule has 1 fully saturated rings. The summed E-state index contributed by atoms with van der Waals surface area (Å²) in [4.78, 5) is 20.3. The summed E-state index contributed by atoms with van der Waals surface area (Å²) in [5, 5.41) is 17.6. The zero-order valence-electron chi connectivity index (χ0n) is 11.8. The summed E-state index contributed by atoms with van der Waals surface area (Å²) in [7, 11) is 0. The molecular formula is C15H19N3O3. The lowest BCUT2D eigenvalue weighted by Crippen LogP contribution is -2.49. The number of nitrogens with zero attached hydrogens (tertiary/aromatic N) is 3. The summed E-state index contributed by atoms with van der Waals surface area (Å²) in [6.07, 6.45) is 3.10. The van der Waals surface area contributed by atoms with Gasteiger partial charge in [0.1, 0.15) is 6.61 Å². The van der Waals surface area contributed by atoms with Crippen molar-refractivity contribution in [3.63, 3.8) is 0 Å². The number of rotatable bonds is 3. The Morgan fingerprint density at radius 2 is 2.00 bits per heavy atom. The number of carbonyl (C=O) groups is 1. The van der Waals surface area contributed by atoms with Crippen LogP contribution in [0.3, 0.4) is 0 Å². The molecule has 2 heterocycles. The van der Waals surface area contributed by atoms with Gasteiger partial charge in [-0.2, -0.15) is 0 Å². The molecule has 0 saturated carbocycles. The number of piperazine rings is 1. The lowest BCUT2D eigenvalue weighted by molar-refractivity contribution is 0.0614. The first-order valence-corrected chi connectivity index (χ1v) is 6.92. The van der Waals surface area contributed by atoms with E-state index in [1.807, 2.05) is 0 Å². The standard InChI is InChI=1S/C15H19N3O3/c19-8-1-2-13-10-14(12-16-11-13)15(21)18-5-3-17(4-6-18)7-9-20/h10-12,19-20H,3-9H2. The fourth-order valence-electron chi connectivity index (χ4n) is 2.27. The van der Waals surface area contributed by atoms with Gasteiger partial charge in [-0.1, -0.05) is 11.8 Å². The number of aliphatic hydroxyl groups excluding tert-OH is 2. The van der Waals surface area contributed by atoms with E-state index in [1.165, 1.54) is 6.20 Å². The number of aromatic nitrogens is 1. The van der Waals surface area contributed by atoms with Gasteiger partial charge < -0.3 is 15.1 Å². The molecule has 1 amide bonds. The lowest BCUT2D eigenvalue weighted by atomic mass is 10.1. The number of aliphatic hydroxyl groups is 2. The highest BCUT2D eigenvalue weighted by molar-refractivity contribution is 5.94. The van der Waals surface area contributed by atoms with Crippen LogP contribution < -0.4 is 0 Å². The molecule has 2 N–H and O–H groups in total. The van der Waals surface area contributed by atoms with Crippen LogP contribution in [0.5, 0.6) is 0 Å². The van der Waals surface area contributed by atoms with Crippen LogP contribution in [0.4, 0.5) is 0 Å². The van der Waals surface area contributed by atoms with E-state index in [9.17, 15) is 4.79 Å². The number of amides is 1. The minimum absolute atomic E-state index is 0.0567. The number of pyridine rings is 1. The molecule has 0 radical (unpaired) electrons. The van der Waals surface area contributed by atoms with Crippen LogP contribution in [-0.2, 0) is 0 Å². The molecule has 1 saturated heterocycles. The van der Waals surface area contributed by atoms with Crippen LogP contribution >= 0.6 is 0 Å². The fourth-order valence-corrected chi connectivity index (χ4v) is 2.27. The molecular weight excluding hydrogens is 270 g/mol. The maximum absolute atomic E-state index is 12.4. The zero-order valence-corrected chi connectivity index (χ0v) is 11.8. The van der Waals surface area contributed by atoms with Crippen molar-refractivity contribution >= 4 is 5.91 Å². The Labute approximate surface area is 124 Å². The Bertz CT molecular complexity index is 543. The average molecular weight is 289 g/mol. The molecule has 21 heavy (non-hydrogen) atoms. The van der Waals surface area contributed by atoms with Gasteiger partial charge in [0.05, 0.1) is 12.2 Å². The third-order valence-corrected chi connectivity index (χ3v) is 3.37. The second-order valence-corrected chi connectivity index (χ2v) is 4.78. The highest BCUT2D eigenvalue weighted by Crippen LogP contribution is 2.09. The molecule has 1 aromatic rings. The van der Waals surface area contributed by atoms with E-state index in [2.05, 4.69) is 21.7 Å². The fraction of sp³-hybridized carbons (Fsp3) is 0.467. The molecule has 0 unspecified atom stereocenters. The average Bonchev–Trinajstić information content (AvgIpc) is 2.53. The molecule has 0 aliphatic carbocycles. The van der Waals surface area contributed by atoms with E-state index >= 15 is 0 Å². The van der Waals surface area contributed by atoms with E-state index in [0.717, 1.165) is 13.1 Å². The first-order valence-electron chi connectivity index (χ1n) is 6.92. The van der Waals surface area contributed by atoms with Crippen LogP contribution in [-0.4, -0.2) is 76.8 Å². The van der Waals surface area contributed by atoms with Crippen molar-refractivity contribution in [2.75, 3.05) is 45.9 Å². The van der Waals surface area contributed by atoms with E-state index < -0.39 is 0 Å². The van der Waals surface area contributed by atoms with Crippen molar-refractivity contribution in [1.82, 2.24) is 14.8 Å². The van der Waals surface area contributed by atoms with Crippen molar-refractivity contribution in [1.29, 1.82) is 0 Å². The Balaban J connectivity index is 2.00. The molecule has 0 spiro atoms. The highest BCUT2D eigenvalue weighted by atomic mass is 16.3. The molecule has 0 bridgehead atoms. The normalized spacial score (nSPS) is 15.4. The van der Waals surface area contributed by atoms with Gasteiger partial charge >= 0.3 is 0 Å². The van der Waals surface area contributed by atoms with Crippen LogP contribution in [0.15, 0.2) is 18.5 Å². The van der Waals surface area contributed by atoms with Crippen LogP contribution in [0.2, 0.25) is 0 Å². The maximum atomic E-state index is 12.4. The van der Waals surface area contributed by atoms with Gasteiger partial charge in [0.15, 0.2) is 0 Å². The summed E-state index contributed by atoms with van der Waals surface area (Å²) < 4.78 is 0.